The Labute approximate surface area is 390 Å². The number of H-pyrrole nitrogens is 1. The average molecular weight is 938 g/mol. The molecule has 2 saturated heterocycles. The monoisotopic (exact) mass is 936 g/mol. The lowest BCUT2D eigenvalue weighted by molar-refractivity contribution is -0.386. The molecule has 1 amide bonds. The molecular formula is C49H57ClN8O7S. The van der Waals surface area contributed by atoms with E-state index in [2.05, 4.69) is 74.2 Å². The highest BCUT2D eigenvalue weighted by molar-refractivity contribution is 7.90. The lowest BCUT2D eigenvalue weighted by Gasteiger charge is -2.39. The van der Waals surface area contributed by atoms with Gasteiger partial charge < -0.3 is 29.2 Å². The van der Waals surface area contributed by atoms with Crippen molar-refractivity contribution in [3.63, 3.8) is 0 Å². The zero-order chi connectivity index (χ0) is 46.3. The number of nitro benzene ring substituents is 1. The molecular weight excluding hydrogens is 880 g/mol. The number of carbonyl (C=O) groups excluding carboxylic acids is 1. The molecule has 9 rings (SSSR count). The van der Waals surface area contributed by atoms with E-state index in [1.165, 1.54) is 29.0 Å². The summed E-state index contributed by atoms with van der Waals surface area (Å²) in [6, 6.07) is 19.6. The molecule has 2 fully saturated rings. The van der Waals surface area contributed by atoms with Gasteiger partial charge in [-0.1, -0.05) is 43.2 Å². The fourth-order valence-electron chi connectivity index (χ4n) is 9.80. The van der Waals surface area contributed by atoms with E-state index in [0.29, 0.717) is 36.0 Å². The van der Waals surface area contributed by atoms with Crippen LogP contribution >= 0.6 is 11.6 Å². The van der Waals surface area contributed by atoms with E-state index in [0.717, 1.165) is 93.8 Å². The van der Waals surface area contributed by atoms with E-state index in [1.807, 2.05) is 18.2 Å². The highest BCUT2D eigenvalue weighted by Crippen LogP contribution is 2.44. The average Bonchev–Trinajstić information content (AvgIpc) is 3.76. The Morgan fingerprint density at radius 1 is 1.03 bits per heavy atom. The molecule has 1 aliphatic carbocycles. The maximum absolute atomic E-state index is 14.1. The van der Waals surface area contributed by atoms with Crippen LogP contribution in [0.2, 0.25) is 5.02 Å². The molecule has 2 atom stereocenters. The maximum Gasteiger partial charge on any atom is 0.277 e. The zero-order valence-corrected chi connectivity index (χ0v) is 39.5. The molecule has 0 bridgehead atoms. The van der Waals surface area contributed by atoms with Crippen LogP contribution in [0.5, 0.6) is 17.2 Å². The molecule has 3 aromatic carbocycles. The van der Waals surface area contributed by atoms with Crippen molar-refractivity contribution in [1.29, 1.82) is 0 Å². The number of anilines is 1. The summed E-state index contributed by atoms with van der Waals surface area (Å²) in [4.78, 5) is 42.4. The van der Waals surface area contributed by atoms with Gasteiger partial charge in [0.2, 0.25) is 0 Å². The second kappa shape index (κ2) is 18.6. The molecule has 2 N–H and O–H groups in total. The Balaban J connectivity index is 0.931. The molecule has 5 heterocycles. The summed E-state index contributed by atoms with van der Waals surface area (Å²) in [5.74, 6) is -0.358. The number of piperazine rings is 2. The van der Waals surface area contributed by atoms with Gasteiger partial charge >= 0.3 is 0 Å². The molecule has 0 saturated carbocycles. The van der Waals surface area contributed by atoms with Crippen molar-refractivity contribution in [2.24, 2.45) is 11.3 Å². The first-order valence-corrected chi connectivity index (χ1v) is 24.6. The number of allylic oxidation sites excluding steroid dienone is 1. The first kappa shape index (κ1) is 45.6. The number of pyridine rings is 1. The molecule has 66 heavy (non-hydrogen) atoms. The summed E-state index contributed by atoms with van der Waals surface area (Å²) in [7, 11) is -2.53. The van der Waals surface area contributed by atoms with Gasteiger partial charge in [-0.2, -0.15) is 0 Å². The van der Waals surface area contributed by atoms with E-state index in [-0.39, 0.29) is 40.7 Å². The second-order valence-electron chi connectivity index (χ2n) is 19.1. The Kier molecular flexibility index (Phi) is 12.9. The first-order valence-electron chi connectivity index (χ1n) is 22.7. The number of halogens is 1. The number of rotatable bonds is 12. The quantitative estimate of drug-likeness (QED) is 0.0916. The van der Waals surface area contributed by atoms with Gasteiger partial charge in [-0.25, -0.2) is 18.1 Å². The number of likely N-dealkylation sites (N-methyl/N-ethyl adjacent to an activating group) is 1. The molecule has 0 unspecified atom stereocenters. The predicted octanol–water partition coefficient (Wildman–Crippen LogP) is 8.01. The molecule has 348 valence electrons. The number of hydrogen-bond donors (Lipinski definition) is 2. The smallest absolute Gasteiger partial charge is 0.277 e. The van der Waals surface area contributed by atoms with Gasteiger partial charge in [-0.3, -0.25) is 19.8 Å². The lowest BCUT2D eigenvalue weighted by atomic mass is 9.72. The number of carbonyl (C=O) groups is 1. The van der Waals surface area contributed by atoms with Gasteiger partial charge in [0, 0.05) is 111 Å². The number of ether oxygens (including phenoxy) is 2. The summed E-state index contributed by atoms with van der Waals surface area (Å²) < 4.78 is 42.5. The Morgan fingerprint density at radius 3 is 2.56 bits per heavy atom. The van der Waals surface area contributed by atoms with Crippen LogP contribution in [-0.2, 0) is 16.4 Å². The van der Waals surface area contributed by atoms with Crippen molar-refractivity contribution in [2.45, 2.75) is 57.4 Å². The number of nitrogens with zero attached hydrogens (tertiary/aromatic N) is 6. The van der Waals surface area contributed by atoms with Crippen molar-refractivity contribution in [1.82, 2.24) is 29.4 Å². The minimum absolute atomic E-state index is 0.00612. The Morgan fingerprint density at radius 2 is 1.80 bits per heavy atom. The van der Waals surface area contributed by atoms with Crippen molar-refractivity contribution >= 4 is 55.5 Å². The predicted molar refractivity (Wildman–Crippen MR) is 256 cm³/mol. The van der Waals surface area contributed by atoms with Crippen LogP contribution in [0.4, 0.5) is 11.4 Å². The van der Waals surface area contributed by atoms with Gasteiger partial charge in [0.25, 0.3) is 21.6 Å². The number of benzene rings is 3. The van der Waals surface area contributed by atoms with Crippen molar-refractivity contribution in [3.05, 3.63) is 117 Å². The van der Waals surface area contributed by atoms with Crippen LogP contribution in [0.1, 0.15) is 61.5 Å². The normalized spacial score (nSPS) is 20.8. The van der Waals surface area contributed by atoms with E-state index in [4.69, 9.17) is 21.1 Å². The van der Waals surface area contributed by atoms with Gasteiger partial charge in [0.1, 0.15) is 22.9 Å². The molecule has 0 radical (unpaired) electrons. The van der Waals surface area contributed by atoms with Crippen molar-refractivity contribution < 1.29 is 27.6 Å². The third kappa shape index (κ3) is 10.1. The third-order valence-corrected chi connectivity index (χ3v) is 15.3. The minimum atomic E-state index is -4.63. The van der Waals surface area contributed by atoms with Crippen LogP contribution < -0.4 is 19.1 Å². The zero-order valence-electron chi connectivity index (χ0n) is 37.9. The molecule has 0 spiro atoms. The molecule has 2 aromatic heterocycles. The van der Waals surface area contributed by atoms with Crippen LogP contribution in [0.3, 0.4) is 0 Å². The Hall–Kier alpha value is -5.52. The number of hydrogen-bond acceptors (Lipinski definition) is 12. The van der Waals surface area contributed by atoms with Gasteiger partial charge in [-0.15, -0.1) is 0 Å². The number of nitro groups is 1. The summed E-state index contributed by atoms with van der Waals surface area (Å²) >= 11 is 6.25. The van der Waals surface area contributed by atoms with Gasteiger partial charge in [-0.05, 0) is 92.6 Å². The fourth-order valence-corrected chi connectivity index (χ4v) is 10.9. The van der Waals surface area contributed by atoms with Crippen LogP contribution in [0, 0.1) is 21.4 Å². The highest BCUT2D eigenvalue weighted by atomic mass is 35.5. The number of nitrogens with one attached hydrogen (secondary N) is 2. The van der Waals surface area contributed by atoms with Gasteiger partial charge in [0.15, 0.2) is 0 Å². The summed E-state index contributed by atoms with van der Waals surface area (Å²) in [5, 5.41) is 14.0. The lowest BCUT2D eigenvalue weighted by Crippen LogP contribution is -2.51. The summed E-state index contributed by atoms with van der Waals surface area (Å²) in [6.07, 6.45) is 6.85. The number of aromatic nitrogens is 2. The maximum atomic E-state index is 14.1. The number of aromatic amines is 1. The van der Waals surface area contributed by atoms with Crippen LogP contribution in [0.25, 0.3) is 16.6 Å². The number of sulfonamides is 1. The third-order valence-electron chi connectivity index (χ3n) is 13.8. The van der Waals surface area contributed by atoms with E-state index >= 15 is 0 Å². The van der Waals surface area contributed by atoms with Crippen LogP contribution in [-0.4, -0.2) is 123 Å². The number of fused-ring (bicyclic) bond motifs is 2. The van der Waals surface area contributed by atoms with Crippen molar-refractivity contribution in [2.75, 3.05) is 77.5 Å². The molecule has 15 nitrogen and oxygen atoms in total. The molecule has 17 heteroatoms. The van der Waals surface area contributed by atoms with Crippen LogP contribution in [0.15, 0.2) is 89.6 Å². The minimum Gasteiger partial charge on any atom is -0.493 e. The molecule has 5 aromatic rings. The number of amides is 1. The molecule has 3 aliphatic heterocycles. The highest BCUT2D eigenvalue weighted by Gasteiger charge is 2.34. The van der Waals surface area contributed by atoms with Gasteiger partial charge in [0.05, 0.1) is 33.7 Å². The van der Waals surface area contributed by atoms with E-state index in [1.54, 1.807) is 30.5 Å². The Bertz CT molecular complexity index is 2790. The summed E-state index contributed by atoms with van der Waals surface area (Å²) in [6.45, 7) is 14.5. The second-order valence-corrected chi connectivity index (χ2v) is 21.3. The van der Waals surface area contributed by atoms with E-state index < -0.39 is 25.7 Å². The van der Waals surface area contributed by atoms with Crippen molar-refractivity contribution in [3.8, 4) is 17.2 Å². The topological polar surface area (TPSA) is 166 Å². The van der Waals surface area contributed by atoms with E-state index in [9.17, 15) is 23.3 Å². The molecule has 4 aliphatic rings. The SMILES string of the molecule is C[C@@H]1CN(C[C@H]2COc3cc(S(=O)(=O)NC(=O)c4ccc(N5CCN(CC6=C(c7ccc(Cl)cc7)CC(C)(C)CC6)CC5)cc4Oc4cnc5[nH]ccc5c4)cc([N+](=O)[O-])c3C2)CCN1C. The largest absolute Gasteiger partial charge is 0.493 e. The first-order chi connectivity index (χ1) is 31.6. The standard InChI is InChI=1S/C49H57ClN8O7S/c1-32-28-56(16-15-54(32)4)29-33-21-42-44(58(60)61)24-40(25-45(42)64-31-33)66(62,63)53-48(59)41-10-9-38(23-46(41)65-39-22-35-12-14-51-47(35)52-27-39)57-19-17-55(18-20-57)30-36-11-13-49(2,3)26-43(36)34-5-7-37(50)8-6-34/h5-10,12,14,22-25,27,32-33H,11,13,15-21,26,28-31H2,1-4H3,(H,51,52)(H,53,59)/t32-,33+/m1/s1. The fraction of sp³-hybridized carbons (Fsp3) is 0.429. The summed E-state index contributed by atoms with van der Waals surface area (Å²) in [5.41, 5.74) is 5.75.